The molecule has 0 aliphatic heterocycles. The molecule has 0 fully saturated rings. The lowest BCUT2D eigenvalue weighted by atomic mass is 9.92. The van der Waals surface area contributed by atoms with Crippen LogP contribution in [-0.4, -0.2) is 11.3 Å². The second-order valence-electron chi connectivity index (χ2n) is 4.19. The Balaban J connectivity index is 2.52. The summed E-state index contributed by atoms with van der Waals surface area (Å²) in [5, 5.41) is 11.8. The summed E-state index contributed by atoms with van der Waals surface area (Å²) >= 11 is 1.49. The third-order valence-electron chi connectivity index (χ3n) is 2.48. The van der Waals surface area contributed by atoms with Crippen molar-refractivity contribution in [3.05, 3.63) is 21.9 Å². The second-order valence-corrected chi connectivity index (χ2v) is 5.30. The minimum Gasteiger partial charge on any atom is -0.385 e. The number of hydrogen-bond donors (Lipinski definition) is 1. The average molecular weight is 252 g/mol. The summed E-state index contributed by atoms with van der Waals surface area (Å²) in [5.41, 5.74) is -0.451. The van der Waals surface area contributed by atoms with E-state index in [4.69, 9.17) is 0 Å². The first-order valence-electron chi connectivity index (χ1n) is 5.05. The van der Waals surface area contributed by atoms with Gasteiger partial charge in [0.1, 0.15) is 0 Å². The molecule has 1 heterocycles. The number of aryl methyl sites for hydroxylation is 1. The summed E-state index contributed by atoms with van der Waals surface area (Å²) in [6.45, 7) is 3.46. The Hall–Kier alpha value is -0.550. The highest BCUT2D eigenvalue weighted by atomic mass is 32.1. The van der Waals surface area contributed by atoms with Gasteiger partial charge in [-0.25, -0.2) is 0 Å². The van der Waals surface area contributed by atoms with Gasteiger partial charge in [0.05, 0.1) is 5.60 Å². The molecule has 0 aliphatic carbocycles. The summed E-state index contributed by atoms with van der Waals surface area (Å²) in [6, 6.07) is 1.82. The van der Waals surface area contributed by atoms with Crippen LogP contribution in [0, 0.1) is 6.92 Å². The maximum Gasteiger partial charge on any atom is 0.389 e. The van der Waals surface area contributed by atoms with Crippen molar-refractivity contribution in [1.29, 1.82) is 0 Å². The number of thiophene rings is 1. The standard InChI is InChI=1S/C11H15F3OS/c1-8-6-9(7-16-8)10(2,15)4-3-5-11(12,13)14/h6-7,15H,3-5H2,1-2H3. The average Bonchev–Trinajstić information content (AvgIpc) is 2.49. The van der Waals surface area contributed by atoms with Crippen LogP contribution in [0.25, 0.3) is 0 Å². The Bertz CT molecular complexity index is 341. The van der Waals surface area contributed by atoms with E-state index in [0.717, 1.165) is 4.88 Å². The number of halogens is 3. The van der Waals surface area contributed by atoms with Gasteiger partial charge < -0.3 is 5.11 Å². The van der Waals surface area contributed by atoms with Crippen molar-refractivity contribution in [2.24, 2.45) is 0 Å². The summed E-state index contributed by atoms with van der Waals surface area (Å²) in [4.78, 5) is 1.05. The van der Waals surface area contributed by atoms with E-state index < -0.39 is 18.2 Å². The molecule has 0 aliphatic rings. The molecule has 1 aromatic rings. The quantitative estimate of drug-likeness (QED) is 0.858. The summed E-state index contributed by atoms with van der Waals surface area (Å²) in [5.74, 6) is 0. The van der Waals surface area contributed by atoms with E-state index in [1.54, 1.807) is 12.3 Å². The Morgan fingerprint density at radius 2 is 1.94 bits per heavy atom. The highest BCUT2D eigenvalue weighted by Crippen LogP contribution is 2.32. The highest BCUT2D eigenvalue weighted by Gasteiger charge is 2.30. The molecule has 0 aromatic carbocycles. The first-order valence-corrected chi connectivity index (χ1v) is 5.93. The molecule has 1 atom stereocenters. The minimum absolute atomic E-state index is 0.0502. The molecule has 16 heavy (non-hydrogen) atoms. The predicted octanol–water partition coefficient (Wildman–Crippen LogP) is 4.00. The molecule has 1 rings (SSSR count). The van der Waals surface area contributed by atoms with Gasteiger partial charge in [-0.15, -0.1) is 11.3 Å². The third kappa shape index (κ3) is 4.14. The maximum absolute atomic E-state index is 12.0. The lowest BCUT2D eigenvalue weighted by molar-refractivity contribution is -0.137. The van der Waals surface area contributed by atoms with Crippen molar-refractivity contribution >= 4 is 11.3 Å². The lowest BCUT2D eigenvalue weighted by Crippen LogP contribution is -2.21. The summed E-state index contributed by atoms with van der Waals surface area (Å²) in [6.07, 6.45) is -4.90. The van der Waals surface area contributed by atoms with Crippen molar-refractivity contribution < 1.29 is 18.3 Å². The molecule has 0 saturated heterocycles. The van der Waals surface area contributed by atoms with E-state index in [1.165, 1.54) is 11.3 Å². The number of alkyl halides is 3. The van der Waals surface area contributed by atoms with Crippen LogP contribution in [0.3, 0.4) is 0 Å². The van der Waals surface area contributed by atoms with Gasteiger partial charge in [-0.05, 0) is 43.7 Å². The Morgan fingerprint density at radius 3 is 2.38 bits per heavy atom. The second kappa shape index (κ2) is 4.75. The van der Waals surface area contributed by atoms with Gasteiger partial charge >= 0.3 is 6.18 Å². The van der Waals surface area contributed by atoms with Gasteiger partial charge in [-0.3, -0.25) is 0 Å². The van der Waals surface area contributed by atoms with Crippen LogP contribution < -0.4 is 0 Å². The fraction of sp³-hybridized carbons (Fsp3) is 0.636. The van der Waals surface area contributed by atoms with E-state index in [2.05, 4.69) is 0 Å². The number of rotatable bonds is 4. The van der Waals surface area contributed by atoms with Crippen LogP contribution in [0.1, 0.15) is 36.6 Å². The zero-order valence-electron chi connectivity index (χ0n) is 9.27. The van der Waals surface area contributed by atoms with Crippen molar-refractivity contribution in [2.45, 2.75) is 44.9 Å². The van der Waals surface area contributed by atoms with Crippen LogP contribution in [0.2, 0.25) is 0 Å². The zero-order valence-corrected chi connectivity index (χ0v) is 10.1. The van der Waals surface area contributed by atoms with Crippen molar-refractivity contribution in [3.8, 4) is 0 Å². The normalized spacial score (nSPS) is 16.1. The van der Waals surface area contributed by atoms with Gasteiger partial charge in [0.15, 0.2) is 0 Å². The fourth-order valence-corrected chi connectivity index (χ4v) is 2.33. The van der Waals surface area contributed by atoms with Crippen LogP contribution in [-0.2, 0) is 5.60 Å². The van der Waals surface area contributed by atoms with Crippen LogP contribution in [0.4, 0.5) is 13.2 Å². The van der Waals surface area contributed by atoms with E-state index in [-0.39, 0.29) is 12.8 Å². The molecule has 0 radical (unpaired) electrons. The molecule has 92 valence electrons. The molecule has 0 bridgehead atoms. The third-order valence-corrected chi connectivity index (χ3v) is 3.34. The van der Waals surface area contributed by atoms with Crippen LogP contribution in [0.5, 0.6) is 0 Å². The summed E-state index contributed by atoms with van der Waals surface area (Å²) in [7, 11) is 0. The smallest absolute Gasteiger partial charge is 0.385 e. The van der Waals surface area contributed by atoms with Crippen LogP contribution in [0.15, 0.2) is 11.4 Å². The number of aliphatic hydroxyl groups is 1. The van der Waals surface area contributed by atoms with Gasteiger partial charge in [0.25, 0.3) is 0 Å². The summed E-state index contributed by atoms with van der Waals surface area (Å²) < 4.78 is 35.9. The largest absolute Gasteiger partial charge is 0.389 e. The van der Waals surface area contributed by atoms with Crippen LogP contribution >= 0.6 is 11.3 Å². The van der Waals surface area contributed by atoms with Gasteiger partial charge in [-0.1, -0.05) is 0 Å². The lowest BCUT2D eigenvalue weighted by Gasteiger charge is -2.22. The Kier molecular flexibility index (Phi) is 4.02. The van der Waals surface area contributed by atoms with E-state index in [9.17, 15) is 18.3 Å². The van der Waals surface area contributed by atoms with E-state index in [0.29, 0.717) is 5.56 Å². The van der Waals surface area contributed by atoms with Gasteiger partial charge in [0, 0.05) is 11.3 Å². The molecular weight excluding hydrogens is 237 g/mol. The topological polar surface area (TPSA) is 20.2 Å². The number of hydrogen-bond acceptors (Lipinski definition) is 2. The van der Waals surface area contributed by atoms with Gasteiger partial charge in [-0.2, -0.15) is 13.2 Å². The zero-order chi connectivity index (χ0) is 12.4. The monoisotopic (exact) mass is 252 g/mol. The van der Waals surface area contributed by atoms with E-state index in [1.807, 2.05) is 13.0 Å². The van der Waals surface area contributed by atoms with E-state index >= 15 is 0 Å². The first kappa shape index (κ1) is 13.5. The fourth-order valence-electron chi connectivity index (χ4n) is 1.50. The SMILES string of the molecule is Cc1cc(C(C)(O)CCCC(F)(F)F)cs1. The first-order chi connectivity index (χ1) is 7.21. The minimum atomic E-state index is -4.14. The molecule has 1 N–H and O–H groups in total. The highest BCUT2D eigenvalue weighted by molar-refractivity contribution is 7.10. The molecule has 1 unspecified atom stereocenters. The molecule has 0 spiro atoms. The molecule has 5 heteroatoms. The van der Waals surface area contributed by atoms with Gasteiger partial charge in [0.2, 0.25) is 0 Å². The molecule has 0 saturated carbocycles. The maximum atomic E-state index is 12.0. The Morgan fingerprint density at radius 1 is 1.31 bits per heavy atom. The van der Waals surface area contributed by atoms with Crippen molar-refractivity contribution in [1.82, 2.24) is 0 Å². The van der Waals surface area contributed by atoms with Crippen molar-refractivity contribution in [2.75, 3.05) is 0 Å². The molecule has 0 amide bonds. The Labute approximate surface area is 96.9 Å². The predicted molar refractivity (Wildman–Crippen MR) is 58.5 cm³/mol. The van der Waals surface area contributed by atoms with Crippen molar-refractivity contribution in [3.63, 3.8) is 0 Å². The molecule has 1 aromatic heterocycles. The molecular formula is C11H15F3OS. The molecule has 1 nitrogen and oxygen atoms in total.